The lowest BCUT2D eigenvalue weighted by Crippen LogP contribution is -2.70. The van der Waals surface area contributed by atoms with Crippen LogP contribution in [0.1, 0.15) is 101 Å². The van der Waals surface area contributed by atoms with E-state index in [-0.39, 0.29) is 55.8 Å². The molecule has 9 nitrogen and oxygen atoms in total. The Morgan fingerprint density at radius 1 is 1.00 bits per heavy atom. The number of hydrogen-bond acceptors (Lipinski definition) is 8. The van der Waals surface area contributed by atoms with Crippen molar-refractivity contribution in [2.24, 2.45) is 28.8 Å². The van der Waals surface area contributed by atoms with Gasteiger partial charge in [-0.1, -0.05) is 80.6 Å². The van der Waals surface area contributed by atoms with Crippen LogP contribution in [0.3, 0.4) is 0 Å². The smallest absolute Gasteiger partial charge is 0.239 e. The molecule has 2 saturated carbocycles. The van der Waals surface area contributed by atoms with Crippen LogP contribution >= 0.6 is 0 Å². The highest BCUT2D eigenvalue weighted by Crippen LogP contribution is 2.62. The standard InChI is InChI=1S/C46H61FN2O7/c1-4-26-54-36-21-22-41-39(29-36)44-37(15-9-11-25-51)34(14-8-10-24-50)28-38-40(48-53-3)30-42(46(56-41,45(38)44)55-27-5-2)49(31-33-16-19-35(47)20-17-33)43(52)23-18-32-12-6-7-13-32/h4-5,16-17,19-22,28-29,32,34,37,42,44-45,50-51H,1-2,6-15,18,23-27,30-31H2,3H3. The number of rotatable bonds is 21. The molecule has 2 aromatic rings. The molecule has 1 heterocycles. The Bertz CT molecular complexity index is 1690. The number of ether oxygens (including phenoxy) is 3. The quantitative estimate of drug-likeness (QED) is 0.0743. The van der Waals surface area contributed by atoms with Crippen LogP contribution in [0.2, 0.25) is 0 Å². The molecule has 2 N–H and O–H groups in total. The molecule has 6 rings (SSSR count). The van der Waals surface area contributed by atoms with Crippen LogP contribution in [0, 0.1) is 29.5 Å². The molecule has 2 aromatic carbocycles. The molecule has 56 heavy (non-hydrogen) atoms. The largest absolute Gasteiger partial charge is 0.490 e. The third-order valence-electron chi connectivity index (χ3n) is 12.4. The normalized spacial score (nSPS) is 26.1. The second-order valence-corrected chi connectivity index (χ2v) is 15.9. The van der Waals surface area contributed by atoms with Gasteiger partial charge in [-0.25, -0.2) is 4.39 Å². The molecule has 3 aliphatic carbocycles. The number of carbonyl (C=O) groups is 1. The average Bonchev–Trinajstić information content (AvgIpc) is 3.74. The number of benzene rings is 2. The molecule has 10 heteroatoms. The predicted molar refractivity (Wildman–Crippen MR) is 216 cm³/mol. The fourth-order valence-corrected chi connectivity index (χ4v) is 9.93. The van der Waals surface area contributed by atoms with E-state index in [2.05, 4.69) is 25.3 Å². The van der Waals surface area contributed by atoms with E-state index in [0.717, 1.165) is 67.4 Å². The molecular formula is C46H61FN2O7. The minimum Gasteiger partial charge on any atom is -0.490 e. The summed E-state index contributed by atoms with van der Waals surface area (Å²) in [4.78, 5) is 22.4. The predicted octanol–water partition coefficient (Wildman–Crippen LogP) is 8.65. The van der Waals surface area contributed by atoms with E-state index < -0.39 is 17.7 Å². The highest BCUT2D eigenvalue weighted by atomic mass is 19.1. The van der Waals surface area contributed by atoms with Gasteiger partial charge >= 0.3 is 0 Å². The van der Waals surface area contributed by atoms with E-state index in [9.17, 15) is 19.4 Å². The van der Waals surface area contributed by atoms with E-state index in [4.69, 9.17) is 24.2 Å². The van der Waals surface area contributed by atoms with Crippen molar-refractivity contribution in [3.05, 3.63) is 96.4 Å². The first-order valence-electron chi connectivity index (χ1n) is 20.8. The molecule has 1 amide bonds. The highest BCUT2D eigenvalue weighted by molar-refractivity contribution is 6.03. The number of aliphatic hydroxyl groups is 2. The van der Waals surface area contributed by atoms with Crippen molar-refractivity contribution >= 4 is 11.6 Å². The van der Waals surface area contributed by atoms with E-state index in [1.54, 1.807) is 31.4 Å². The third kappa shape index (κ3) is 9.24. The minimum absolute atomic E-state index is 0.00620. The van der Waals surface area contributed by atoms with Gasteiger partial charge in [0.15, 0.2) is 0 Å². The second-order valence-electron chi connectivity index (χ2n) is 15.9. The lowest BCUT2D eigenvalue weighted by atomic mass is 9.55. The van der Waals surface area contributed by atoms with Crippen LogP contribution in [0.4, 0.5) is 4.39 Å². The molecule has 6 unspecified atom stereocenters. The van der Waals surface area contributed by atoms with Gasteiger partial charge in [0.1, 0.15) is 37.1 Å². The van der Waals surface area contributed by atoms with Gasteiger partial charge in [0, 0.05) is 44.1 Å². The van der Waals surface area contributed by atoms with Crippen molar-refractivity contribution in [3.63, 3.8) is 0 Å². The Morgan fingerprint density at radius 3 is 2.43 bits per heavy atom. The van der Waals surface area contributed by atoms with Crippen molar-refractivity contribution in [2.45, 2.75) is 108 Å². The lowest BCUT2D eigenvalue weighted by molar-refractivity contribution is -0.258. The van der Waals surface area contributed by atoms with Crippen molar-refractivity contribution in [3.8, 4) is 11.5 Å². The molecule has 0 saturated heterocycles. The van der Waals surface area contributed by atoms with Gasteiger partial charge in [0.05, 0.1) is 18.2 Å². The monoisotopic (exact) mass is 772 g/mol. The summed E-state index contributed by atoms with van der Waals surface area (Å²) in [6.45, 7) is 8.87. The molecule has 0 radical (unpaired) electrons. The van der Waals surface area contributed by atoms with Gasteiger partial charge in [-0.15, -0.1) is 6.58 Å². The maximum Gasteiger partial charge on any atom is 0.239 e. The number of allylic oxidation sites excluding steroid dienone is 1. The lowest BCUT2D eigenvalue weighted by Gasteiger charge is -2.60. The number of carbonyl (C=O) groups excluding carboxylic acids is 1. The van der Waals surface area contributed by atoms with Gasteiger partial charge in [0.25, 0.3) is 0 Å². The number of amides is 1. The van der Waals surface area contributed by atoms with Gasteiger partial charge in [0.2, 0.25) is 11.7 Å². The summed E-state index contributed by atoms with van der Waals surface area (Å²) in [7, 11) is 1.55. The van der Waals surface area contributed by atoms with Gasteiger partial charge in [-0.2, -0.15) is 0 Å². The van der Waals surface area contributed by atoms with Gasteiger partial charge in [-0.05, 0) is 91.3 Å². The van der Waals surface area contributed by atoms with Crippen LogP contribution in [-0.2, 0) is 20.9 Å². The molecule has 6 atom stereocenters. The molecule has 4 aliphatic rings. The first-order chi connectivity index (χ1) is 27.4. The van der Waals surface area contributed by atoms with Crippen molar-refractivity contribution in [1.82, 2.24) is 4.90 Å². The minimum atomic E-state index is -1.36. The third-order valence-corrected chi connectivity index (χ3v) is 12.4. The van der Waals surface area contributed by atoms with E-state index in [1.807, 2.05) is 17.0 Å². The number of halogens is 1. The van der Waals surface area contributed by atoms with Gasteiger partial charge < -0.3 is 34.2 Å². The Balaban J connectivity index is 1.56. The highest BCUT2D eigenvalue weighted by Gasteiger charge is 2.65. The van der Waals surface area contributed by atoms with Gasteiger partial charge in [-0.3, -0.25) is 4.79 Å². The zero-order valence-electron chi connectivity index (χ0n) is 33.1. The number of nitrogens with zero attached hydrogens (tertiary/aromatic N) is 2. The SMILES string of the molecule is C=CCOc1ccc2c(c1)C1C(CCCCO)C(CCCCO)C=C3C(=NOC)CC(N(Cc4ccc(F)cc4)C(=O)CCC4CCCC4)C(OCC=C)(O2)C31. The van der Waals surface area contributed by atoms with Crippen LogP contribution in [0.15, 0.2) is 84.6 Å². The van der Waals surface area contributed by atoms with Crippen molar-refractivity contribution < 1.29 is 38.4 Å². The molecule has 304 valence electrons. The average molecular weight is 773 g/mol. The number of unbranched alkanes of at least 4 members (excludes halogenated alkanes) is 2. The Kier molecular flexibility index (Phi) is 14.8. The summed E-state index contributed by atoms with van der Waals surface area (Å²) >= 11 is 0. The molecule has 0 bridgehead atoms. The fourth-order valence-electron chi connectivity index (χ4n) is 9.93. The van der Waals surface area contributed by atoms with E-state index >= 15 is 0 Å². The topological polar surface area (TPSA) is 110 Å². The summed E-state index contributed by atoms with van der Waals surface area (Å²) in [6.07, 6.45) is 16.7. The van der Waals surface area contributed by atoms with Crippen molar-refractivity contribution in [1.29, 1.82) is 0 Å². The van der Waals surface area contributed by atoms with Crippen LogP contribution in [0.25, 0.3) is 0 Å². The summed E-state index contributed by atoms with van der Waals surface area (Å²) < 4.78 is 34.7. The fraction of sp³-hybridized carbons (Fsp3) is 0.565. The zero-order valence-corrected chi connectivity index (χ0v) is 33.1. The summed E-state index contributed by atoms with van der Waals surface area (Å²) in [5.74, 6) is -0.157. The van der Waals surface area contributed by atoms with Crippen LogP contribution in [0.5, 0.6) is 11.5 Å². The molecule has 0 spiro atoms. The molecular weight excluding hydrogens is 712 g/mol. The maximum atomic E-state index is 14.9. The summed E-state index contributed by atoms with van der Waals surface area (Å²) in [5, 5.41) is 24.4. The molecule has 0 aromatic heterocycles. The number of fused-ring (bicyclic) bond motifs is 2. The first-order valence-corrected chi connectivity index (χ1v) is 20.8. The Morgan fingerprint density at radius 2 is 1.73 bits per heavy atom. The molecule has 1 aliphatic heterocycles. The summed E-state index contributed by atoms with van der Waals surface area (Å²) in [6, 6.07) is 11.6. The zero-order chi connectivity index (χ0) is 39.5. The number of aliphatic hydroxyl groups excluding tert-OH is 2. The first kappa shape index (κ1) is 41.6. The Labute approximate surface area is 332 Å². The maximum absolute atomic E-state index is 14.9. The Hall–Kier alpha value is -3.99. The number of hydrogen-bond donors (Lipinski definition) is 2. The van der Waals surface area contributed by atoms with Crippen molar-refractivity contribution in [2.75, 3.05) is 33.5 Å². The second kappa shape index (κ2) is 19.9. The molecule has 2 fully saturated rings. The number of oxime groups is 1. The van der Waals surface area contributed by atoms with E-state index in [1.165, 1.54) is 25.0 Å². The van der Waals surface area contributed by atoms with Crippen LogP contribution < -0.4 is 9.47 Å². The van der Waals surface area contributed by atoms with Crippen LogP contribution in [-0.4, -0.2) is 72.1 Å². The van der Waals surface area contributed by atoms with E-state index in [0.29, 0.717) is 49.7 Å². The summed E-state index contributed by atoms with van der Waals surface area (Å²) in [5.41, 5.74) is 3.52.